The lowest BCUT2D eigenvalue weighted by molar-refractivity contribution is -0.121. The Morgan fingerprint density at radius 2 is 2.05 bits per heavy atom. The first kappa shape index (κ1) is 17.7. The quantitative estimate of drug-likeness (QED) is 0.718. The largest absolute Gasteiger partial charge is 0.395 e. The molecule has 2 atom stereocenters. The van der Waals surface area contributed by atoms with Crippen molar-refractivity contribution >= 4 is 41.0 Å². The highest BCUT2D eigenvalue weighted by atomic mass is 35.5. The summed E-state index contributed by atoms with van der Waals surface area (Å²) in [6.45, 7) is 1.99. The van der Waals surface area contributed by atoms with Crippen LogP contribution in [0.1, 0.15) is 13.3 Å². The SMILES string of the molecule is CSC(CO)C(C)NC(=O)CCSc1ccc(Cl)cc1. The van der Waals surface area contributed by atoms with E-state index in [1.54, 1.807) is 23.5 Å². The Morgan fingerprint density at radius 3 is 2.60 bits per heavy atom. The zero-order chi connectivity index (χ0) is 15.0. The zero-order valence-corrected chi connectivity index (χ0v) is 14.0. The maximum atomic E-state index is 11.8. The Morgan fingerprint density at radius 1 is 1.40 bits per heavy atom. The minimum atomic E-state index is -0.0250. The van der Waals surface area contributed by atoms with Gasteiger partial charge in [0.2, 0.25) is 5.91 Å². The molecule has 0 saturated carbocycles. The van der Waals surface area contributed by atoms with E-state index in [0.717, 1.165) is 10.6 Å². The fourth-order valence-electron chi connectivity index (χ4n) is 1.65. The number of thioether (sulfide) groups is 2. The summed E-state index contributed by atoms with van der Waals surface area (Å²) in [6.07, 6.45) is 2.39. The van der Waals surface area contributed by atoms with Crippen LogP contribution in [0.2, 0.25) is 5.02 Å². The molecule has 0 aromatic heterocycles. The first-order valence-electron chi connectivity index (χ1n) is 6.38. The lowest BCUT2D eigenvalue weighted by Gasteiger charge is -2.21. The Balaban J connectivity index is 2.27. The second-order valence-corrected chi connectivity index (χ2v) is 7.05. The molecule has 1 rings (SSSR count). The summed E-state index contributed by atoms with van der Waals surface area (Å²) in [5.74, 6) is 0.745. The van der Waals surface area contributed by atoms with Crippen LogP contribution in [0.5, 0.6) is 0 Å². The van der Waals surface area contributed by atoms with E-state index in [-0.39, 0.29) is 23.8 Å². The van der Waals surface area contributed by atoms with Crippen molar-refractivity contribution in [2.45, 2.75) is 29.5 Å². The summed E-state index contributed by atoms with van der Waals surface area (Å²) in [5.41, 5.74) is 0. The average molecular weight is 334 g/mol. The summed E-state index contributed by atoms with van der Waals surface area (Å²) in [5, 5.41) is 12.9. The van der Waals surface area contributed by atoms with E-state index >= 15 is 0 Å². The van der Waals surface area contributed by atoms with Gasteiger partial charge in [0, 0.05) is 33.4 Å². The van der Waals surface area contributed by atoms with Crippen molar-refractivity contribution in [3.05, 3.63) is 29.3 Å². The van der Waals surface area contributed by atoms with Crippen LogP contribution in [0.3, 0.4) is 0 Å². The van der Waals surface area contributed by atoms with E-state index in [4.69, 9.17) is 16.7 Å². The van der Waals surface area contributed by atoms with Gasteiger partial charge in [0.15, 0.2) is 0 Å². The van der Waals surface area contributed by atoms with Crippen molar-refractivity contribution in [1.29, 1.82) is 0 Å². The Kier molecular flexibility index (Phi) is 8.45. The van der Waals surface area contributed by atoms with Crippen LogP contribution in [-0.4, -0.2) is 40.9 Å². The lowest BCUT2D eigenvalue weighted by atomic mass is 10.2. The molecule has 6 heteroatoms. The molecule has 3 nitrogen and oxygen atoms in total. The van der Waals surface area contributed by atoms with Gasteiger partial charge in [0.05, 0.1) is 6.61 Å². The van der Waals surface area contributed by atoms with Gasteiger partial charge in [-0.3, -0.25) is 4.79 Å². The van der Waals surface area contributed by atoms with Crippen molar-refractivity contribution in [3.8, 4) is 0 Å². The second-order valence-electron chi connectivity index (χ2n) is 4.37. The van der Waals surface area contributed by atoms with Crippen LogP contribution in [0.25, 0.3) is 0 Å². The third kappa shape index (κ3) is 6.39. The van der Waals surface area contributed by atoms with E-state index < -0.39 is 0 Å². The fourth-order valence-corrected chi connectivity index (χ4v) is 3.25. The third-order valence-corrected chi connectivity index (χ3v) is 5.27. The fraction of sp³-hybridized carbons (Fsp3) is 0.500. The van der Waals surface area contributed by atoms with Crippen molar-refractivity contribution in [3.63, 3.8) is 0 Å². The molecule has 0 aliphatic heterocycles. The number of hydrogen-bond acceptors (Lipinski definition) is 4. The van der Waals surface area contributed by atoms with Gasteiger partial charge < -0.3 is 10.4 Å². The van der Waals surface area contributed by atoms with E-state index in [9.17, 15) is 4.79 Å². The number of benzene rings is 1. The summed E-state index contributed by atoms with van der Waals surface area (Å²) in [4.78, 5) is 12.9. The Hall–Kier alpha value is -0.360. The molecule has 0 aliphatic carbocycles. The number of carbonyl (C=O) groups excluding carboxylic acids is 1. The highest BCUT2D eigenvalue weighted by Crippen LogP contribution is 2.21. The third-order valence-electron chi connectivity index (χ3n) is 2.84. The number of halogens is 1. The normalized spacial score (nSPS) is 13.8. The average Bonchev–Trinajstić information content (AvgIpc) is 2.42. The van der Waals surface area contributed by atoms with Gasteiger partial charge in [-0.25, -0.2) is 0 Å². The molecular weight excluding hydrogens is 314 g/mol. The smallest absolute Gasteiger partial charge is 0.221 e. The second kappa shape index (κ2) is 9.55. The van der Waals surface area contributed by atoms with Crippen LogP contribution in [-0.2, 0) is 4.79 Å². The first-order valence-corrected chi connectivity index (χ1v) is 9.03. The minimum Gasteiger partial charge on any atom is -0.395 e. The summed E-state index contributed by atoms with van der Waals surface area (Å²) in [6, 6.07) is 7.56. The molecule has 0 bridgehead atoms. The molecular formula is C14H20ClNO2S2. The molecule has 0 spiro atoms. The predicted octanol–water partition coefficient (Wildman–Crippen LogP) is 3.05. The number of carbonyl (C=O) groups is 1. The van der Waals surface area contributed by atoms with Crippen LogP contribution in [0.15, 0.2) is 29.2 Å². The molecule has 20 heavy (non-hydrogen) atoms. The van der Waals surface area contributed by atoms with Gasteiger partial charge >= 0.3 is 0 Å². The Labute approximate surface area is 133 Å². The van der Waals surface area contributed by atoms with Crippen LogP contribution >= 0.6 is 35.1 Å². The molecule has 0 saturated heterocycles. The molecule has 2 unspecified atom stereocenters. The minimum absolute atomic E-state index is 0.0199. The van der Waals surface area contributed by atoms with Crippen molar-refractivity contribution in [2.24, 2.45) is 0 Å². The van der Waals surface area contributed by atoms with Gasteiger partial charge in [-0.1, -0.05) is 11.6 Å². The van der Waals surface area contributed by atoms with Crippen LogP contribution < -0.4 is 5.32 Å². The van der Waals surface area contributed by atoms with Gasteiger partial charge in [-0.05, 0) is 37.4 Å². The van der Waals surface area contributed by atoms with E-state index in [1.165, 1.54) is 0 Å². The molecule has 0 radical (unpaired) electrons. The van der Waals surface area contributed by atoms with Crippen molar-refractivity contribution in [1.82, 2.24) is 5.32 Å². The molecule has 1 aromatic carbocycles. The van der Waals surface area contributed by atoms with Gasteiger partial charge in [0.25, 0.3) is 0 Å². The number of aliphatic hydroxyl groups excluding tert-OH is 1. The number of rotatable bonds is 8. The maximum absolute atomic E-state index is 11.8. The lowest BCUT2D eigenvalue weighted by Crippen LogP contribution is -2.41. The maximum Gasteiger partial charge on any atom is 0.221 e. The number of hydrogen-bond donors (Lipinski definition) is 2. The van der Waals surface area contributed by atoms with Gasteiger partial charge in [0.1, 0.15) is 0 Å². The van der Waals surface area contributed by atoms with Gasteiger partial charge in [-0.2, -0.15) is 11.8 Å². The molecule has 0 aliphatic rings. The van der Waals surface area contributed by atoms with Gasteiger partial charge in [-0.15, -0.1) is 11.8 Å². The monoisotopic (exact) mass is 333 g/mol. The Bertz CT molecular complexity index is 410. The zero-order valence-electron chi connectivity index (χ0n) is 11.6. The molecule has 1 aromatic rings. The highest BCUT2D eigenvalue weighted by Gasteiger charge is 2.16. The number of nitrogens with one attached hydrogen (secondary N) is 1. The first-order chi connectivity index (χ1) is 9.56. The summed E-state index contributed by atoms with van der Waals surface area (Å²) >= 11 is 9.00. The molecule has 2 N–H and O–H groups in total. The molecule has 0 fully saturated rings. The topological polar surface area (TPSA) is 49.3 Å². The number of amides is 1. The van der Waals surface area contributed by atoms with Crippen molar-refractivity contribution in [2.75, 3.05) is 18.6 Å². The van der Waals surface area contributed by atoms with E-state index in [2.05, 4.69) is 5.32 Å². The summed E-state index contributed by atoms with van der Waals surface area (Å²) < 4.78 is 0. The molecule has 0 heterocycles. The van der Waals surface area contributed by atoms with E-state index in [1.807, 2.05) is 37.4 Å². The van der Waals surface area contributed by atoms with Crippen LogP contribution in [0.4, 0.5) is 0 Å². The standard InChI is InChI=1S/C14H20ClNO2S2/c1-10(13(9-17)19-2)16-14(18)7-8-20-12-5-3-11(15)4-6-12/h3-6,10,13,17H,7-9H2,1-2H3,(H,16,18). The predicted molar refractivity (Wildman–Crippen MR) is 88.8 cm³/mol. The van der Waals surface area contributed by atoms with Crippen molar-refractivity contribution < 1.29 is 9.90 Å². The number of aliphatic hydroxyl groups is 1. The van der Waals surface area contributed by atoms with E-state index in [0.29, 0.717) is 11.4 Å². The summed E-state index contributed by atoms with van der Waals surface area (Å²) in [7, 11) is 0. The molecule has 1 amide bonds. The van der Waals surface area contributed by atoms with Crippen LogP contribution in [0, 0.1) is 0 Å². The molecule has 112 valence electrons. The highest BCUT2D eigenvalue weighted by molar-refractivity contribution is 7.99.